The third-order valence-corrected chi connectivity index (χ3v) is 8.84. The number of hydrogen-bond donors (Lipinski definition) is 0. The van der Waals surface area contributed by atoms with Gasteiger partial charge in [0.05, 0.1) is 23.8 Å². The number of aromatic nitrogens is 3. The lowest BCUT2D eigenvalue weighted by molar-refractivity contribution is 1.10. The Hall–Kier alpha value is -5.23. The van der Waals surface area contributed by atoms with Gasteiger partial charge in [-0.1, -0.05) is 60.7 Å². The largest absolute Gasteiger partial charge is 0.294 e. The second-order valence-corrected chi connectivity index (χ2v) is 11.4. The van der Waals surface area contributed by atoms with Crippen LogP contribution in [-0.4, -0.2) is 21.7 Å². The number of fused-ring (bicyclic) bond motifs is 4. The summed E-state index contributed by atoms with van der Waals surface area (Å²) in [6.07, 6.45) is 9.50. The summed E-state index contributed by atoms with van der Waals surface area (Å²) >= 11 is 0. The Bertz CT molecular complexity index is 2120. The van der Waals surface area contributed by atoms with Crippen LogP contribution < -0.4 is 26.2 Å². The minimum Gasteiger partial charge on any atom is -0.294 e. The quantitative estimate of drug-likeness (QED) is 0.242. The van der Waals surface area contributed by atoms with Crippen molar-refractivity contribution in [3.8, 4) is 0 Å². The molecule has 3 aromatic heterocycles. The van der Waals surface area contributed by atoms with Crippen molar-refractivity contribution in [3.05, 3.63) is 126 Å². The van der Waals surface area contributed by atoms with E-state index in [2.05, 4.69) is 121 Å². The predicted molar refractivity (Wildman–Crippen MR) is 174 cm³/mol. The maximum absolute atomic E-state index is 5.20. The van der Waals surface area contributed by atoms with Crippen LogP contribution in [0.5, 0.6) is 0 Å². The molecule has 0 atom stereocenters. The van der Waals surface area contributed by atoms with Crippen molar-refractivity contribution in [1.82, 2.24) is 15.0 Å². The Morgan fingerprint density at radius 3 is 2.10 bits per heavy atom. The molecular formula is C36H26BN5. The van der Waals surface area contributed by atoms with E-state index < -0.39 is 0 Å². The highest BCUT2D eigenvalue weighted by Crippen LogP contribution is 2.43. The van der Waals surface area contributed by atoms with E-state index in [0.717, 1.165) is 52.2 Å². The molecule has 198 valence electrons. The topological polar surface area (TPSA) is 45.2 Å². The van der Waals surface area contributed by atoms with E-state index in [-0.39, 0.29) is 6.71 Å². The molecule has 5 nitrogen and oxygen atoms in total. The van der Waals surface area contributed by atoms with E-state index in [1.807, 2.05) is 12.4 Å². The van der Waals surface area contributed by atoms with Gasteiger partial charge in [0.2, 0.25) is 0 Å². The van der Waals surface area contributed by atoms with Crippen molar-refractivity contribution in [2.24, 2.45) is 0 Å². The zero-order valence-electron chi connectivity index (χ0n) is 23.4. The highest BCUT2D eigenvalue weighted by molar-refractivity contribution is 7.00. The van der Waals surface area contributed by atoms with Gasteiger partial charge < -0.3 is 0 Å². The van der Waals surface area contributed by atoms with E-state index in [0.29, 0.717) is 0 Å². The molecule has 0 bridgehead atoms. The molecule has 0 N–H and O–H groups in total. The number of anilines is 6. The summed E-state index contributed by atoms with van der Waals surface area (Å²) in [5, 5.41) is 2.59. The SMILES string of the molecule is Cc1ccc2c(n1)N(c1ccccc1)c1cncc3c1B2c1ccc(C)nc1N3c1cc2c3c(cccc3c1)CC=C2. The van der Waals surface area contributed by atoms with Crippen molar-refractivity contribution in [3.63, 3.8) is 0 Å². The van der Waals surface area contributed by atoms with Gasteiger partial charge in [-0.3, -0.25) is 14.8 Å². The smallest absolute Gasteiger partial charge is 0.256 e. The van der Waals surface area contributed by atoms with Crippen LogP contribution in [0.4, 0.5) is 34.4 Å². The summed E-state index contributed by atoms with van der Waals surface area (Å²) in [5.74, 6) is 1.90. The van der Waals surface area contributed by atoms with Gasteiger partial charge >= 0.3 is 0 Å². The Kier molecular flexibility index (Phi) is 4.83. The highest BCUT2D eigenvalue weighted by atomic mass is 15.2. The van der Waals surface area contributed by atoms with Gasteiger partial charge in [0, 0.05) is 22.8 Å². The second-order valence-electron chi connectivity index (χ2n) is 11.4. The lowest BCUT2D eigenvalue weighted by Gasteiger charge is -2.42. The van der Waals surface area contributed by atoms with Crippen molar-refractivity contribution in [2.45, 2.75) is 20.3 Å². The molecule has 6 heteroatoms. The molecule has 9 rings (SSSR count). The highest BCUT2D eigenvalue weighted by Gasteiger charge is 2.44. The number of rotatable bonds is 2. The molecule has 0 radical (unpaired) electrons. The average Bonchev–Trinajstić information content (AvgIpc) is 3.01. The van der Waals surface area contributed by atoms with E-state index in [1.165, 1.54) is 38.3 Å². The van der Waals surface area contributed by atoms with Crippen molar-refractivity contribution in [1.29, 1.82) is 0 Å². The fourth-order valence-electron chi connectivity index (χ4n) is 7.09. The number of pyridine rings is 3. The number of hydrogen-bond acceptors (Lipinski definition) is 5. The van der Waals surface area contributed by atoms with E-state index in [4.69, 9.17) is 15.0 Å². The number of benzene rings is 3. The zero-order valence-corrected chi connectivity index (χ0v) is 23.4. The first-order chi connectivity index (χ1) is 20.7. The van der Waals surface area contributed by atoms with Gasteiger partial charge in [-0.25, -0.2) is 9.97 Å². The zero-order chi connectivity index (χ0) is 27.9. The van der Waals surface area contributed by atoms with Crippen LogP contribution in [0.15, 0.2) is 103 Å². The summed E-state index contributed by atoms with van der Waals surface area (Å²) < 4.78 is 0. The number of aryl methyl sites for hydroxylation is 2. The monoisotopic (exact) mass is 539 g/mol. The molecular weight excluding hydrogens is 513 g/mol. The summed E-state index contributed by atoms with van der Waals surface area (Å²) in [5.41, 5.74) is 12.4. The summed E-state index contributed by atoms with van der Waals surface area (Å²) in [6, 6.07) is 30.5. The first kappa shape index (κ1) is 23.5. The predicted octanol–water partition coefficient (Wildman–Crippen LogP) is 6.29. The average molecular weight is 539 g/mol. The Balaban J connectivity index is 1.37. The van der Waals surface area contributed by atoms with Crippen LogP contribution in [0.1, 0.15) is 22.5 Å². The lowest BCUT2D eigenvalue weighted by Crippen LogP contribution is -2.62. The summed E-state index contributed by atoms with van der Waals surface area (Å²) in [4.78, 5) is 19.8. The molecule has 0 spiro atoms. The fraction of sp³-hybridized carbons (Fsp3) is 0.0833. The Morgan fingerprint density at radius 2 is 1.38 bits per heavy atom. The first-order valence-corrected chi connectivity index (χ1v) is 14.5. The normalized spacial score (nSPS) is 14.1. The fourth-order valence-corrected chi connectivity index (χ4v) is 7.09. The minimum atomic E-state index is -0.00859. The Morgan fingerprint density at radius 1 is 0.690 bits per heavy atom. The van der Waals surface area contributed by atoms with Crippen LogP contribution >= 0.6 is 0 Å². The minimum absolute atomic E-state index is 0.00859. The first-order valence-electron chi connectivity index (χ1n) is 14.5. The summed E-state index contributed by atoms with van der Waals surface area (Å²) in [6.45, 7) is 4.12. The molecule has 6 aromatic rings. The molecule has 42 heavy (non-hydrogen) atoms. The molecule has 0 saturated carbocycles. The van der Waals surface area contributed by atoms with Crippen molar-refractivity contribution < 1.29 is 0 Å². The van der Waals surface area contributed by atoms with Crippen molar-refractivity contribution in [2.75, 3.05) is 9.80 Å². The van der Waals surface area contributed by atoms with Gasteiger partial charge in [-0.2, -0.15) is 0 Å². The van der Waals surface area contributed by atoms with Crippen molar-refractivity contribution >= 4 is 74.3 Å². The number of para-hydroxylation sites is 1. The Labute approximate surface area is 244 Å². The maximum atomic E-state index is 5.20. The standard InChI is InChI=1S/C36H26BN5/c1-22-14-16-29-35(39-22)41(27-12-4-3-5-13-27)31-20-38-21-32-34(31)37(29)30-17-15-23(2)40-36(30)42(32)28-18-25-10-6-8-24-9-7-11-26(19-28)33(24)25/h3-8,10-21H,9H2,1-2H3. The lowest BCUT2D eigenvalue weighted by atomic mass is 9.34. The second kappa shape index (κ2) is 8.64. The van der Waals surface area contributed by atoms with Crippen LogP contribution in [0.3, 0.4) is 0 Å². The molecule has 5 heterocycles. The van der Waals surface area contributed by atoms with E-state index in [1.54, 1.807) is 0 Å². The van der Waals surface area contributed by atoms with Gasteiger partial charge in [0.25, 0.3) is 6.71 Å². The van der Waals surface area contributed by atoms with Gasteiger partial charge in [-0.05, 0) is 95.0 Å². The maximum Gasteiger partial charge on any atom is 0.256 e. The van der Waals surface area contributed by atoms with E-state index >= 15 is 0 Å². The van der Waals surface area contributed by atoms with Crippen LogP contribution in [0.25, 0.3) is 16.8 Å². The third-order valence-electron chi connectivity index (χ3n) is 8.84. The third kappa shape index (κ3) is 3.23. The molecule has 3 aromatic carbocycles. The molecule has 0 amide bonds. The van der Waals surface area contributed by atoms with E-state index in [9.17, 15) is 0 Å². The molecule has 3 aliphatic rings. The molecule has 0 unspecified atom stereocenters. The van der Waals surface area contributed by atoms with Gasteiger partial charge in [0.1, 0.15) is 11.6 Å². The molecule has 1 aliphatic carbocycles. The van der Waals surface area contributed by atoms with Gasteiger partial charge in [0.15, 0.2) is 0 Å². The molecule has 0 saturated heterocycles. The van der Waals surface area contributed by atoms with Gasteiger partial charge in [-0.15, -0.1) is 0 Å². The number of nitrogens with zero attached hydrogens (tertiary/aromatic N) is 5. The summed E-state index contributed by atoms with van der Waals surface area (Å²) in [7, 11) is 0. The van der Waals surface area contributed by atoms with Crippen LogP contribution in [-0.2, 0) is 6.42 Å². The molecule has 2 aliphatic heterocycles. The van der Waals surface area contributed by atoms with Crippen LogP contribution in [0.2, 0.25) is 0 Å². The number of allylic oxidation sites excluding steroid dienone is 1. The van der Waals surface area contributed by atoms with Crippen LogP contribution in [0, 0.1) is 13.8 Å². The molecule has 0 fully saturated rings.